The van der Waals surface area contributed by atoms with Gasteiger partial charge in [-0.1, -0.05) is 5.56 Å². The number of fused-ring (bicyclic) bond motifs is 1. The fourth-order valence-electron chi connectivity index (χ4n) is 3.28. The third-order valence-corrected chi connectivity index (χ3v) is 4.39. The van der Waals surface area contributed by atoms with Gasteiger partial charge in [-0.3, -0.25) is 4.79 Å². The zero-order valence-electron chi connectivity index (χ0n) is 12.2. The van der Waals surface area contributed by atoms with Crippen LogP contribution < -0.4 is 10.1 Å². The molecule has 1 saturated heterocycles. The highest BCUT2D eigenvalue weighted by atomic mass is 16.5. The van der Waals surface area contributed by atoms with E-state index in [1.165, 1.54) is 11.1 Å². The number of aryl methyl sites for hydroxylation is 1. The summed E-state index contributed by atoms with van der Waals surface area (Å²) in [6.45, 7) is 9.32. The molecule has 0 spiro atoms. The highest BCUT2D eigenvalue weighted by molar-refractivity contribution is 5.79. The quantitative estimate of drug-likeness (QED) is 0.838. The Labute approximate surface area is 124 Å². The van der Waals surface area contributed by atoms with Gasteiger partial charge in [0.25, 0.3) is 0 Å². The summed E-state index contributed by atoms with van der Waals surface area (Å²) in [6.07, 6.45) is 2.75. The molecule has 2 aliphatic rings. The van der Waals surface area contributed by atoms with Crippen LogP contribution in [0.2, 0.25) is 0 Å². The van der Waals surface area contributed by atoms with E-state index in [1.54, 1.807) is 7.11 Å². The summed E-state index contributed by atoms with van der Waals surface area (Å²) >= 11 is 0. The van der Waals surface area contributed by atoms with Crippen LogP contribution in [0.5, 0.6) is 5.75 Å². The Morgan fingerprint density at radius 2 is 2.29 bits per heavy atom. The van der Waals surface area contributed by atoms with Gasteiger partial charge in [0.15, 0.2) is 0 Å². The molecule has 1 amide bonds. The molecule has 110 valence electrons. The van der Waals surface area contributed by atoms with Crippen LogP contribution in [0.3, 0.4) is 0 Å². The van der Waals surface area contributed by atoms with Crippen molar-refractivity contribution in [1.82, 2.24) is 10.2 Å². The average Bonchev–Trinajstić information content (AvgIpc) is 2.53. The Morgan fingerprint density at radius 3 is 3.00 bits per heavy atom. The predicted molar refractivity (Wildman–Crippen MR) is 79.7 cm³/mol. The third-order valence-electron chi connectivity index (χ3n) is 4.39. The van der Waals surface area contributed by atoms with Crippen LogP contribution in [0.4, 0.5) is 5.69 Å². The number of hydrogen-bond acceptors (Lipinski definition) is 3. The normalized spacial score (nSPS) is 21.6. The number of hydrogen-bond donors (Lipinski definition) is 1. The van der Waals surface area contributed by atoms with Gasteiger partial charge < -0.3 is 15.0 Å². The second-order valence-corrected chi connectivity index (χ2v) is 5.57. The largest absolute Gasteiger partial charge is 0.508 e. The molecule has 21 heavy (non-hydrogen) atoms. The molecule has 0 saturated carbocycles. The first-order valence-corrected chi connectivity index (χ1v) is 7.30. The van der Waals surface area contributed by atoms with Gasteiger partial charge in [-0.25, -0.2) is 4.85 Å². The molecule has 1 aliphatic heterocycles. The molecule has 1 unspecified atom stereocenters. The van der Waals surface area contributed by atoms with Crippen molar-refractivity contribution in [2.45, 2.75) is 25.3 Å². The predicted octanol–water partition coefficient (Wildman–Crippen LogP) is 1.54. The molecule has 0 aromatic heterocycles. The average molecular weight is 285 g/mol. The lowest BCUT2D eigenvalue weighted by Gasteiger charge is -2.38. The third kappa shape index (κ3) is 2.59. The van der Waals surface area contributed by atoms with E-state index in [0.29, 0.717) is 18.0 Å². The molecule has 3 rings (SSSR count). The zero-order valence-corrected chi connectivity index (χ0v) is 12.2. The minimum atomic E-state index is 0.194. The van der Waals surface area contributed by atoms with Crippen molar-refractivity contribution < 1.29 is 9.53 Å². The van der Waals surface area contributed by atoms with E-state index in [-0.39, 0.29) is 11.9 Å². The number of benzene rings is 1. The van der Waals surface area contributed by atoms with Gasteiger partial charge in [-0.2, -0.15) is 0 Å². The van der Waals surface area contributed by atoms with E-state index in [4.69, 9.17) is 11.3 Å². The van der Waals surface area contributed by atoms with Crippen LogP contribution in [0.15, 0.2) is 12.1 Å². The van der Waals surface area contributed by atoms with Crippen LogP contribution in [0.25, 0.3) is 4.85 Å². The summed E-state index contributed by atoms with van der Waals surface area (Å²) in [5, 5.41) is 3.11. The number of methoxy groups -OCH3 is 1. The van der Waals surface area contributed by atoms with Crippen LogP contribution in [-0.2, 0) is 17.6 Å². The molecule has 1 aromatic carbocycles. The van der Waals surface area contributed by atoms with Crippen LogP contribution >= 0.6 is 0 Å². The number of carbonyl (C=O) groups is 1. The molecule has 1 atom stereocenters. The zero-order chi connectivity index (χ0) is 14.8. The number of piperazine rings is 1. The summed E-state index contributed by atoms with van der Waals surface area (Å²) in [6, 6.07) is 4.19. The second kappa shape index (κ2) is 5.74. The van der Waals surface area contributed by atoms with E-state index in [9.17, 15) is 4.79 Å². The first-order valence-electron chi connectivity index (χ1n) is 7.30. The Kier molecular flexibility index (Phi) is 3.80. The number of carbonyl (C=O) groups excluding carboxylic acids is 1. The molecular weight excluding hydrogens is 266 g/mol. The van der Waals surface area contributed by atoms with E-state index < -0.39 is 0 Å². The first-order chi connectivity index (χ1) is 10.2. The van der Waals surface area contributed by atoms with Crippen LogP contribution in [0, 0.1) is 6.57 Å². The van der Waals surface area contributed by atoms with E-state index in [1.807, 2.05) is 17.0 Å². The van der Waals surface area contributed by atoms with Crippen molar-refractivity contribution in [2.24, 2.45) is 0 Å². The summed E-state index contributed by atoms with van der Waals surface area (Å²) in [5.74, 6) is 0.829. The molecule has 1 aromatic rings. The van der Waals surface area contributed by atoms with Crippen molar-refractivity contribution in [1.29, 1.82) is 0 Å². The molecule has 1 heterocycles. The molecular formula is C16H19N3O2. The van der Waals surface area contributed by atoms with Gasteiger partial charge in [0.2, 0.25) is 11.6 Å². The van der Waals surface area contributed by atoms with Gasteiger partial charge in [-0.15, -0.1) is 0 Å². The summed E-state index contributed by atoms with van der Waals surface area (Å²) in [7, 11) is 1.59. The molecule has 5 nitrogen and oxygen atoms in total. The highest BCUT2D eigenvalue weighted by Gasteiger charge is 2.29. The molecule has 1 fully saturated rings. The lowest BCUT2D eigenvalue weighted by molar-refractivity contribution is -0.134. The number of rotatable bonds is 2. The molecule has 1 N–H and O–H groups in total. The molecule has 0 bridgehead atoms. The Hall–Kier alpha value is -2.06. The minimum Gasteiger partial charge on any atom is -0.508 e. The lowest BCUT2D eigenvalue weighted by Crippen LogP contribution is -2.53. The lowest BCUT2D eigenvalue weighted by atomic mass is 9.86. The van der Waals surface area contributed by atoms with Crippen molar-refractivity contribution in [3.05, 3.63) is 34.7 Å². The molecule has 5 heteroatoms. The van der Waals surface area contributed by atoms with Crippen molar-refractivity contribution in [3.8, 4) is 5.75 Å². The van der Waals surface area contributed by atoms with Gasteiger partial charge in [-0.05, 0) is 37.0 Å². The number of nitrogens with one attached hydrogen (secondary N) is 1. The van der Waals surface area contributed by atoms with Crippen molar-refractivity contribution >= 4 is 11.6 Å². The number of ether oxygens (including phenoxy) is 1. The summed E-state index contributed by atoms with van der Waals surface area (Å²) in [5.41, 5.74) is 3.01. The monoisotopic (exact) mass is 285 g/mol. The summed E-state index contributed by atoms with van der Waals surface area (Å²) < 4.78 is 5.30. The standard InChI is InChI=1S/C16H19N3O2/c1-17-14-8-11-3-4-13(7-12(11)9-15(14)21-2)19-6-5-18-10-16(19)20/h8-9,13,18H,3-7,10H2,2H3. The fourth-order valence-corrected chi connectivity index (χ4v) is 3.28. The fraction of sp³-hybridized carbons (Fsp3) is 0.500. The SMILES string of the molecule is [C-]#[N+]c1cc2c(cc1OC)CC(N1CCNCC1=O)CC2. The Balaban J connectivity index is 1.85. The van der Waals surface area contributed by atoms with E-state index >= 15 is 0 Å². The molecule has 1 aliphatic carbocycles. The first kappa shape index (κ1) is 13.9. The second-order valence-electron chi connectivity index (χ2n) is 5.57. The maximum atomic E-state index is 12.0. The Morgan fingerprint density at radius 1 is 1.43 bits per heavy atom. The van der Waals surface area contributed by atoms with Crippen LogP contribution in [-0.4, -0.2) is 43.6 Å². The number of amides is 1. The minimum absolute atomic E-state index is 0.194. The Bertz CT molecular complexity index is 606. The maximum Gasteiger partial charge on any atom is 0.236 e. The maximum absolute atomic E-state index is 12.0. The van der Waals surface area contributed by atoms with Gasteiger partial charge in [0.05, 0.1) is 20.2 Å². The molecule has 0 radical (unpaired) electrons. The van der Waals surface area contributed by atoms with Crippen molar-refractivity contribution in [3.63, 3.8) is 0 Å². The highest BCUT2D eigenvalue weighted by Crippen LogP contribution is 2.35. The van der Waals surface area contributed by atoms with E-state index in [0.717, 1.165) is 32.4 Å². The summed E-state index contributed by atoms with van der Waals surface area (Å²) in [4.78, 5) is 17.6. The van der Waals surface area contributed by atoms with Gasteiger partial charge >= 0.3 is 0 Å². The van der Waals surface area contributed by atoms with Gasteiger partial charge in [0, 0.05) is 19.1 Å². The van der Waals surface area contributed by atoms with E-state index in [2.05, 4.69) is 10.2 Å². The van der Waals surface area contributed by atoms with Crippen LogP contribution in [0.1, 0.15) is 17.5 Å². The van der Waals surface area contributed by atoms with Crippen molar-refractivity contribution in [2.75, 3.05) is 26.7 Å². The smallest absolute Gasteiger partial charge is 0.236 e. The van der Waals surface area contributed by atoms with Gasteiger partial charge in [0.1, 0.15) is 5.75 Å². The number of nitrogens with zero attached hydrogens (tertiary/aromatic N) is 2. The topological polar surface area (TPSA) is 45.9 Å².